The number of hydrogen-bond acceptors (Lipinski definition) is 4. The third-order valence-corrected chi connectivity index (χ3v) is 4.78. The average Bonchev–Trinajstić information content (AvgIpc) is 2.71. The van der Waals surface area contributed by atoms with Gasteiger partial charge in [-0.05, 0) is 55.8 Å². The fourth-order valence-corrected chi connectivity index (χ4v) is 2.98. The number of amides is 2. The lowest BCUT2D eigenvalue weighted by molar-refractivity contribution is -0.119. The molecule has 0 fully saturated rings. The molecular weight excluding hydrogens is 404 g/mol. The number of hydrogen-bond donors (Lipinski definition) is 2. The number of anilines is 2. The quantitative estimate of drug-likeness (QED) is 0.646. The standard InChI is InChI=1S/C22H21ClN4O3/c1-13-4-5-16(12-20(13)24-15(3)28)19-10-11-21(29)27(26-19)14(2)22(30)25-18-8-6-17(23)7-9-18/h4-12,14H,1-3H3,(H,24,28)(H,25,30)/t14-/m0/s1. The number of benzene rings is 2. The Morgan fingerprint density at radius 2 is 1.73 bits per heavy atom. The van der Waals surface area contributed by atoms with Crippen LogP contribution < -0.4 is 16.2 Å². The van der Waals surface area contributed by atoms with Crippen LogP contribution in [-0.2, 0) is 9.59 Å². The molecule has 2 amide bonds. The van der Waals surface area contributed by atoms with Crippen molar-refractivity contribution in [2.45, 2.75) is 26.8 Å². The van der Waals surface area contributed by atoms with Crippen LogP contribution in [0.4, 0.5) is 11.4 Å². The second-order valence-electron chi connectivity index (χ2n) is 6.88. The van der Waals surface area contributed by atoms with Gasteiger partial charge in [0.15, 0.2) is 0 Å². The van der Waals surface area contributed by atoms with E-state index >= 15 is 0 Å². The number of nitrogens with zero attached hydrogens (tertiary/aromatic N) is 2. The molecule has 3 rings (SSSR count). The Morgan fingerprint density at radius 1 is 1.03 bits per heavy atom. The summed E-state index contributed by atoms with van der Waals surface area (Å²) in [4.78, 5) is 36.4. The lowest BCUT2D eigenvalue weighted by atomic mass is 10.1. The van der Waals surface area contributed by atoms with E-state index in [1.807, 2.05) is 19.1 Å². The fraction of sp³-hybridized carbons (Fsp3) is 0.182. The van der Waals surface area contributed by atoms with Crippen molar-refractivity contribution >= 4 is 34.8 Å². The van der Waals surface area contributed by atoms with E-state index in [9.17, 15) is 14.4 Å². The third kappa shape index (κ3) is 4.93. The van der Waals surface area contributed by atoms with Crippen molar-refractivity contribution in [2.24, 2.45) is 0 Å². The number of carbonyl (C=O) groups excluding carboxylic acids is 2. The summed E-state index contributed by atoms with van der Waals surface area (Å²) in [7, 11) is 0. The first kappa shape index (κ1) is 21.3. The summed E-state index contributed by atoms with van der Waals surface area (Å²) >= 11 is 5.86. The first-order valence-electron chi connectivity index (χ1n) is 9.29. The Kier molecular flexibility index (Phi) is 6.32. The van der Waals surface area contributed by atoms with Gasteiger partial charge in [-0.2, -0.15) is 5.10 Å². The van der Waals surface area contributed by atoms with Gasteiger partial charge in [0.2, 0.25) is 11.8 Å². The van der Waals surface area contributed by atoms with Gasteiger partial charge in [-0.1, -0.05) is 23.7 Å². The van der Waals surface area contributed by atoms with Crippen LogP contribution in [0.25, 0.3) is 11.3 Å². The summed E-state index contributed by atoms with van der Waals surface area (Å²) < 4.78 is 1.14. The first-order chi connectivity index (χ1) is 14.2. The molecule has 0 spiro atoms. The number of aryl methyl sites for hydroxylation is 1. The molecule has 0 saturated carbocycles. The largest absolute Gasteiger partial charge is 0.326 e. The molecule has 0 saturated heterocycles. The molecular formula is C22H21ClN4O3. The van der Waals surface area contributed by atoms with E-state index in [2.05, 4.69) is 15.7 Å². The maximum atomic E-state index is 12.6. The van der Waals surface area contributed by atoms with Crippen molar-refractivity contribution in [3.8, 4) is 11.3 Å². The molecule has 0 bridgehead atoms. The summed E-state index contributed by atoms with van der Waals surface area (Å²) in [5.41, 5.74) is 2.95. The van der Waals surface area contributed by atoms with Gasteiger partial charge < -0.3 is 10.6 Å². The molecule has 1 aromatic heterocycles. The van der Waals surface area contributed by atoms with Crippen molar-refractivity contribution in [3.05, 3.63) is 75.5 Å². The van der Waals surface area contributed by atoms with Crippen LogP contribution in [0.5, 0.6) is 0 Å². The predicted molar refractivity (Wildman–Crippen MR) is 118 cm³/mol. The molecule has 0 unspecified atom stereocenters. The molecule has 1 heterocycles. The van der Waals surface area contributed by atoms with Crippen molar-refractivity contribution in [3.63, 3.8) is 0 Å². The van der Waals surface area contributed by atoms with Crippen LogP contribution in [0.15, 0.2) is 59.4 Å². The highest BCUT2D eigenvalue weighted by Gasteiger charge is 2.18. The first-order valence-corrected chi connectivity index (χ1v) is 9.67. The topological polar surface area (TPSA) is 93.1 Å². The van der Waals surface area contributed by atoms with E-state index in [0.29, 0.717) is 27.7 Å². The molecule has 1 atom stereocenters. The van der Waals surface area contributed by atoms with Gasteiger partial charge in [-0.25, -0.2) is 4.68 Å². The van der Waals surface area contributed by atoms with Crippen LogP contribution in [0, 0.1) is 6.92 Å². The lowest BCUT2D eigenvalue weighted by Crippen LogP contribution is -2.33. The number of halogens is 1. The van der Waals surface area contributed by atoms with Crippen LogP contribution in [0.3, 0.4) is 0 Å². The van der Waals surface area contributed by atoms with Crippen LogP contribution in [0.2, 0.25) is 5.02 Å². The normalized spacial score (nSPS) is 11.6. The summed E-state index contributed by atoms with van der Waals surface area (Å²) in [5, 5.41) is 10.5. The van der Waals surface area contributed by atoms with E-state index in [4.69, 9.17) is 11.6 Å². The van der Waals surface area contributed by atoms with Gasteiger partial charge in [0, 0.05) is 35.0 Å². The second kappa shape index (κ2) is 8.92. The molecule has 0 radical (unpaired) electrons. The van der Waals surface area contributed by atoms with Crippen LogP contribution >= 0.6 is 11.6 Å². The SMILES string of the molecule is CC(=O)Nc1cc(-c2ccc(=O)n([C@@H](C)C(=O)Nc3ccc(Cl)cc3)n2)ccc1C. The minimum atomic E-state index is -0.839. The molecule has 2 N–H and O–H groups in total. The number of aromatic nitrogens is 2. The molecule has 8 heteroatoms. The Balaban J connectivity index is 1.89. The van der Waals surface area contributed by atoms with E-state index in [1.165, 1.54) is 13.0 Å². The molecule has 0 aliphatic rings. The van der Waals surface area contributed by atoms with E-state index in [-0.39, 0.29) is 11.8 Å². The van der Waals surface area contributed by atoms with Crippen molar-refractivity contribution in [2.75, 3.05) is 10.6 Å². The van der Waals surface area contributed by atoms with E-state index in [0.717, 1.165) is 10.2 Å². The maximum Gasteiger partial charge on any atom is 0.267 e. The minimum Gasteiger partial charge on any atom is -0.326 e. The number of nitrogens with one attached hydrogen (secondary N) is 2. The summed E-state index contributed by atoms with van der Waals surface area (Å²) in [5.74, 6) is -0.562. The molecule has 0 aliphatic heterocycles. The summed E-state index contributed by atoms with van der Waals surface area (Å²) in [6.07, 6.45) is 0. The molecule has 2 aromatic carbocycles. The number of carbonyl (C=O) groups is 2. The van der Waals surface area contributed by atoms with Crippen LogP contribution in [-0.4, -0.2) is 21.6 Å². The number of rotatable bonds is 5. The van der Waals surface area contributed by atoms with Gasteiger partial charge in [-0.3, -0.25) is 14.4 Å². The van der Waals surface area contributed by atoms with Crippen molar-refractivity contribution < 1.29 is 9.59 Å². The van der Waals surface area contributed by atoms with Crippen molar-refractivity contribution in [1.82, 2.24) is 9.78 Å². The smallest absolute Gasteiger partial charge is 0.267 e. The summed E-state index contributed by atoms with van der Waals surface area (Å²) in [6, 6.07) is 14.3. The Bertz CT molecular complexity index is 1160. The Labute approximate surface area is 178 Å². The molecule has 154 valence electrons. The highest BCUT2D eigenvalue weighted by atomic mass is 35.5. The lowest BCUT2D eigenvalue weighted by Gasteiger charge is -2.15. The molecule has 30 heavy (non-hydrogen) atoms. The monoisotopic (exact) mass is 424 g/mol. The van der Waals surface area contributed by atoms with Crippen LogP contribution in [0.1, 0.15) is 25.5 Å². The van der Waals surface area contributed by atoms with Gasteiger partial charge in [0.25, 0.3) is 5.56 Å². The van der Waals surface area contributed by atoms with Gasteiger partial charge in [0.1, 0.15) is 6.04 Å². The summed E-state index contributed by atoms with van der Waals surface area (Å²) in [6.45, 7) is 4.92. The average molecular weight is 425 g/mol. The Hall–Kier alpha value is -3.45. The minimum absolute atomic E-state index is 0.180. The second-order valence-corrected chi connectivity index (χ2v) is 7.32. The zero-order valence-corrected chi connectivity index (χ0v) is 17.5. The van der Waals surface area contributed by atoms with Crippen molar-refractivity contribution in [1.29, 1.82) is 0 Å². The highest BCUT2D eigenvalue weighted by Crippen LogP contribution is 2.24. The predicted octanol–water partition coefficient (Wildman–Crippen LogP) is 4.03. The van der Waals surface area contributed by atoms with Gasteiger partial charge >= 0.3 is 0 Å². The zero-order valence-electron chi connectivity index (χ0n) is 16.8. The molecule has 7 nitrogen and oxygen atoms in total. The molecule has 3 aromatic rings. The maximum absolute atomic E-state index is 12.6. The van der Waals surface area contributed by atoms with Gasteiger partial charge in [0.05, 0.1) is 5.69 Å². The third-order valence-electron chi connectivity index (χ3n) is 4.53. The highest BCUT2D eigenvalue weighted by molar-refractivity contribution is 6.30. The zero-order chi connectivity index (χ0) is 21.8. The Morgan fingerprint density at radius 3 is 2.40 bits per heavy atom. The fourth-order valence-electron chi connectivity index (χ4n) is 2.85. The van der Waals surface area contributed by atoms with E-state index < -0.39 is 11.6 Å². The van der Waals surface area contributed by atoms with E-state index in [1.54, 1.807) is 43.3 Å². The molecule has 0 aliphatic carbocycles. The van der Waals surface area contributed by atoms with Gasteiger partial charge in [-0.15, -0.1) is 0 Å².